The van der Waals surface area contributed by atoms with E-state index in [1.165, 1.54) is 0 Å². The Labute approximate surface area is 198 Å². The van der Waals surface area contributed by atoms with Crippen LogP contribution in [-0.2, 0) is 26.2 Å². The summed E-state index contributed by atoms with van der Waals surface area (Å²) in [5.41, 5.74) is 10.3. The van der Waals surface area contributed by atoms with Crippen LogP contribution < -0.4 is 16.6 Å². The number of nitrogens with two attached hydrogens (primary N) is 1. The van der Waals surface area contributed by atoms with Crippen molar-refractivity contribution in [1.29, 1.82) is 0 Å². The second-order valence-corrected chi connectivity index (χ2v) is 7.61. The molecule has 0 saturated carbocycles. The van der Waals surface area contributed by atoms with Gasteiger partial charge in [0.05, 0.1) is 24.8 Å². The highest BCUT2D eigenvalue weighted by atomic mass is 35.5. The van der Waals surface area contributed by atoms with Crippen molar-refractivity contribution in [2.45, 2.75) is 26.2 Å². The van der Waals surface area contributed by atoms with Gasteiger partial charge in [0.1, 0.15) is 0 Å². The highest BCUT2D eigenvalue weighted by Gasteiger charge is 2.09. The molecule has 3 N–H and O–H groups in total. The second-order valence-electron chi connectivity index (χ2n) is 7.61. The lowest BCUT2D eigenvalue weighted by Gasteiger charge is -2.07. The predicted molar refractivity (Wildman–Crippen MR) is 130 cm³/mol. The summed E-state index contributed by atoms with van der Waals surface area (Å²) >= 11 is 0. The molecule has 8 heteroatoms. The number of carbonyl (C=O) groups excluding carboxylic acids is 1. The number of hydrogen-bond donors (Lipinski definition) is 2. The molecule has 7 nitrogen and oxygen atoms in total. The molecule has 4 rings (SSSR count). The van der Waals surface area contributed by atoms with Gasteiger partial charge in [0.2, 0.25) is 0 Å². The lowest BCUT2D eigenvalue weighted by atomic mass is 10.1. The van der Waals surface area contributed by atoms with E-state index in [4.69, 9.17) is 5.73 Å². The van der Waals surface area contributed by atoms with Crippen LogP contribution in [0, 0.1) is 0 Å². The molecule has 0 saturated heterocycles. The molecule has 4 aromatic rings. The fourth-order valence-corrected chi connectivity index (χ4v) is 3.37. The largest absolute Gasteiger partial charge is 0.348 e. The number of amides is 1. The van der Waals surface area contributed by atoms with Crippen LogP contribution in [0.3, 0.4) is 0 Å². The smallest absolute Gasteiger partial charge is 0.254 e. The van der Waals surface area contributed by atoms with E-state index in [0.29, 0.717) is 31.7 Å². The van der Waals surface area contributed by atoms with Gasteiger partial charge in [0.25, 0.3) is 11.5 Å². The summed E-state index contributed by atoms with van der Waals surface area (Å²) in [6, 6.07) is 21.0. The van der Waals surface area contributed by atoms with Gasteiger partial charge in [-0.05, 0) is 28.3 Å². The van der Waals surface area contributed by atoms with Crippen molar-refractivity contribution >= 4 is 18.3 Å². The molecular weight excluding hydrogens is 438 g/mol. The maximum atomic E-state index is 12.4. The zero-order valence-corrected chi connectivity index (χ0v) is 18.9. The van der Waals surface area contributed by atoms with Crippen LogP contribution in [0.15, 0.2) is 90.1 Å². The summed E-state index contributed by atoms with van der Waals surface area (Å²) in [4.78, 5) is 24.3. The summed E-state index contributed by atoms with van der Waals surface area (Å²) in [7, 11) is 0. The minimum atomic E-state index is -0.164. The molecule has 1 amide bonds. The molecular formula is C25H26ClN5O2. The fourth-order valence-electron chi connectivity index (χ4n) is 3.37. The highest BCUT2D eigenvalue weighted by Crippen LogP contribution is 2.09. The van der Waals surface area contributed by atoms with Gasteiger partial charge in [-0.25, -0.2) is 0 Å². The molecule has 0 radical (unpaired) electrons. The predicted octanol–water partition coefficient (Wildman–Crippen LogP) is 2.95. The van der Waals surface area contributed by atoms with E-state index in [-0.39, 0.29) is 23.9 Å². The molecule has 2 aromatic heterocycles. The molecule has 0 unspecified atom stereocenters. The Morgan fingerprint density at radius 2 is 1.52 bits per heavy atom. The van der Waals surface area contributed by atoms with Crippen LogP contribution in [0.1, 0.15) is 32.6 Å². The van der Waals surface area contributed by atoms with Gasteiger partial charge in [-0.2, -0.15) is 5.10 Å². The van der Waals surface area contributed by atoms with Crippen molar-refractivity contribution in [2.75, 3.05) is 0 Å². The molecule has 0 bridgehead atoms. The number of benzene rings is 2. The van der Waals surface area contributed by atoms with Crippen LogP contribution in [-0.4, -0.2) is 20.3 Å². The Hall–Kier alpha value is -3.68. The highest BCUT2D eigenvalue weighted by molar-refractivity contribution is 5.93. The molecule has 0 aliphatic heterocycles. The standard InChI is InChI=1S/C25H25N5O2.ClH/c26-13-19-4-6-20(7-5-19)14-27-25(32)23-15-28-30(18-23)17-22-10-8-21(9-11-22)16-29-12-2-1-3-24(29)31;/h1-12,15,18H,13-14,16-17,26H2,(H,27,32);1H. The van der Waals surface area contributed by atoms with Crippen molar-refractivity contribution < 1.29 is 4.79 Å². The molecule has 0 atom stereocenters. The van der Waals surface area contributed by atoms with Crippen molar-refractivity contribution in [3.63, 3.8) is 0 Å². The minimum Gasteiger partial charge on any atom is -0.348 e. The van der Waals surface area contributed by atoms with Gasteiger partial charge in [-0.15, -0.1) is 12.4 Å². The Balaban J connectivity index is 0.00000306. The summed E-state index contributed by atoms with van der Waals surface area (Å²) in [5, 5.41) is 7.22. The molecule has 0 aliphatic carbocycles. The number of halogens is 1. The first-order valence-electron chi connectivity index (χ1n) is 10.4. The number of carbonyl (C=O) groups is 1. The average Bonchev–Trinajstić information content (AvgIpc) is 3.29. The van der Waals surface area contributed by atoms with Gasteiger partial charge >= 0.3 is 0 Å². The molecule has 2 aromatic carbocycles. The molecule has 0 spiro atoms. The number of aromatic nitrogens is 3. The Morgan fingerprint density at radius 1 is 0.879 bits per heavy atom. The zero-order valence-electron chi connectivity index (χ0n) is 18.1. The third-order valence-corrected chi connectivity index (χ3v) is 5.23. The number of nitrogens with one attached hydrogen (secondary N) is 1. The van der Waals surface area contributed by atoms with Crippen molar-refractivity contribution in [2.24, 2.45) is 5.73 Å². The van der Waals surface area contributed by atoms with Gasteiger partial charge in [-0.3, -0.25) is 14.3 Å². The minimum absolute atomic E-state index is 0. The number of hydrogen-bond acceptors (Lipinski definition) is 4. The van der Waals surface area contributed by atoms with Gasteiger partial charge in [-0.1, -0.05) is 54.6 Å². The maximum Gasteiger partial charge on any atom is 0.254 e. The molecule has 2 heterocycles. The SMILES string of the molecule is Cl.NCc1ccc(CNC(=O)c2cnn(Cc3ccc(Cn4ccccc4=O)cc3)c2)cc1. The van der Waals surface area contributed by atoms with E-state index in [9.17, 15) is 9.59 Å². The van der Waals surface area contributed by atoms with E-state index >= 15 is 0 Å². The number of pyridine rings is 1. The van der Waals surface area contributed by atoms with Crippen LogP contribution in [0.25, 0.3) is 0 Å². The van der Waals surface area contributed by atoms with Crippen LogP contribution in [0.4, 0.5) is 0 Å². The van der Waals surface area contributed by atoms with Gasteiger partial charge < -0.3 is 15.6 Å². The molecule has 0 aliphatic rings. The monoisotopic (exact) mass is 463 g/mol. The molecule has 0 fully saturated rings. The molecule has 170 valence electrons. The second kappa shape index (κ2) is 11.3. The Bertz CT molecular complexity index is 1250. The third-order valence-electron chi connectivity index (χ3n) is 5.23. The first kappa shape index (κ1) is 24.0. The topological polar surface area (TPSA) is 94.9 Å². The number of rotatable bonds is 8. The zero-order chi connectivity index (χ0) is 22.3. The first-order valence-corrected chi connectivity index (χ1v) is 10.4. The van der Waals surface area contributed by atoms with E-state index in [2.05, 4.69) is 10.4 Å². The summed E-state index contributed by atoms with van der Waals surface area (Å²) in [5.74, 6) is -0.164. The van der Waals surface area contributed by atoms with Crippen molar-refractivity contribution in [3.8, 4) is 0 Å². The first-order chi connectivity index (χ1) is 15.6. The van der Waals surface area contributed by atoms with Crippen LogP contribution >= 0.6 is 12.4 Å². The summed E-state index contributed by atoms with van der Waals surface area (Å²) in [6.07, 6.45) is 5.09. The van der Waals surface area contributed by atoms with Crippen LogP contribution in [0.2, 0.25) is 0 Å². The van der Waals surface area contributed by atoms with E-state index < -0.39 is 0 Å². The average molecular weight is 464 g/mol. The van der Waals surface area contributed by atoms with Crippen LogP contribution in [0.5, 0.6) is 0 Å². The van der Waals surface area contributed by atoms with E-state index in [0.717, 1.165) is 22.3 Å². The fraction of sp³-hybridized carbons (Fsp3) is 0.160. The van der Waals surface area contributed by atoms with Gasteiger partial charge in [0.15, 0.2) is 0 Å². The Kier molecular flexibility index (Phi) is 8.18. The van der Waals surface area contributed by atoms with Gasteiger partial charge in [0, 0.05) is 31.5 Å². The Morgan fingerprint density at radius 3 is 2.18 bits per heavy atom. The summed E-state index contributed by atoms with van der Waals surface area (Å²) < 4.78 is 3.40. The molecule has 33 heavy (non-hydrogen) atoms. The summed E-state index contributed by atoms with van der Waals surface area (Å²) in [6.45, 7) is 2.03. The quantitative estimate of drug-likeness (QED) is 0.420. The normalized spacial score (nSPS) is 10.5. The van der Waals surface area contributed by atoms with Crippen molar-refractivity contribution in [1.82, 2.24) is 19.7 Å². The lowest BCUT2D eigenvalue weighted by molar-refractivity contribution is 0.0951. The maximum absolute atomic E-state index is 12.4. The van der Waals surface area contributed by atoms with E-state index in [1.807, 2.05) is 54.6 Å². The number of nitrogens with zero attached hydrogens (tertiary/aromatic N) is 3. The van der Waals surface area contributed by atoms with Crippen molar-refractivity contribution in [3.05, 3.63) is 123 Å². The lowest BCUT2D eigenvalue weighted by Crippen LogP contribution is -2.22. The third kappa shape index (κ3) is 6.41. The van der Waals surface area contributed by atoms with E-state index in [1.54, 1.807) is 40.0 Å².